The lowest BCUT2D eigenvalue weighted by Crippen LogP contribution is -2.49. The summed E-state index contributed by atoms with van der Waals surface area (Å²) >= 11 is 16.2. The van der Waals surface area contributed by atoms with Gasteiger partial charge in [-0.3, -0.25) is 4.90 Å². The van der Waals surface area contributed by atoms with Gasteiger partial charge in [0.1, 0.15) is 59.2 Å². The van der Waals surface area contributed by atoms with Crippen LogP contribution in [0.1, 0.15) is 68.2 Å². The Morgan fingerprint density at radius 3 is 2.26 bits per heavy atom. The van der Waals surface area contributed by atoms with Gasteiger partial charge in [0.15, 0.2) is 5.75 Å². The van der Waals surface area contributed by atoms with E-state index in [1.54, 1.807) is 46.2 Å². The number of likely N-dealkylation sites (N-methyl/N-ethyl adjacent to an activating group) is 1. The highest BCUT2D eigenvalue weighted by Gasteiger charge is 2.42. The van der Waals surface area contributed by atoms with Crippen LogP contribution in [-0.2, 0) is 46.9 Å². The Kier molecular flexibility index (Phi) is 19.1. The predicted molar refractivity (Wildman–Crippen MR) is 298 cm³/mol. The second-order valence-corrected chi connectivity index (χ2v) is 22.8. The van der Waals surface area contributed by atoms with Crippen molar-refractivity contribution in [3.05, 3.63) is 105 Å². The number of halogens is 3. The minimum Gasteiger partial charge on any atom is -0.490 e. The zero-order valence-electron chi connectivity index (χ0n) is 45.5. The lowest BCUT2D eigenvalue weighted by Gasteiger charge is -2.40. The van der Waals surface area contributed by atoms with Gasteiger partial charge in [0.05, 0.1) is 72.8 Å². The number of nitrogens with zero attached hydrogens (tertiary/aromatic N) is 6. The van der Waals surface area contributed by atoms with E-state index in [1.807, 2.05) is 38.1 Å². The van der Waals surface area contributed by atoms with E-state index < -0.39 is 23.8 Å². The fraction of sp³-hybridized carbons (Fsp3) is 0.500. The summed E-state index contributed by atoms with van der Waals surface area (Å²) in [5, 5.41) is 1.14. The van der Waals surface area contributed by atoms with Gasteiger partial charge in [0, 0.05) is 68.5 Å². The summed E-state index contributed by atoms with van der Waals surface area (Å²) in [5.74, 6) is 1.11. The quantitative estimate of drug-likeness (QED) is 0.0557. The van der Waals surface area contributed by atoms with Crippen molar-refractivity contribution >= 4 is 50.7 Å². The highest BCUT2D eigenvalue weighted by Crippen LogP contribution is 2.53. The molecule has 3 aromatic carbocycles. The molecule has 16 nitrogen and oxygen atoms in total. The molecule has 1 saturated heterocycles. The maximum Gasteiger partial charge on any atom is 0.348 e. The van der Waals surface area contributed by atoms with Gasteiger partial charge in [-0.05, 0) is 113 Å². The first kappa shape index (κ1) is 57.4. The molecule has 0 N–H and O–H groups in total. The van der Waals surface area contributed by atoms with E-state index in [9.17, 15) is 9.18 Å². The van der Waals surface area contributed by atoms with Gasteiger partial charge < -0.3 is 47.5 Å². The molecule has 0 radical (unpaired) electrons. The molecule has 2 fully saturated rings. The molecule has 1 saturated carbocycles. The second-order valence-electron chi connectivity index (χ2n) is 21.1. The number of carbonyl (C=O) groups is 1. The van der Waals surface area contributed by atoms with Crippen molar-refractivity contribution in [1.29, 1.82) is 0 Å². The summed E-state index contributed by atoms with van der Waals surface area (Å²) in [6, 6.07) is 13.6. The topological polar surface area (TPSA) is 158 Å². The second kappa shape index (κ2) is 25.9. The molecular formula is C58H69Cl2FN6O10S. The van der Waals surface area contributed by atoms with Crippen molar-refractivity contribution in [2.45, 2.75) is 90.1 Å². The smallest absolute Gasteiger partial charge is 0.348 e. The molecule has 6 aromatic rings. The summed E-state index contributed by atoms with van der Waals surface area (Å²) in [5.41, 5.74) is 3.48. The van der Waals surface area contributed by atoms with E-state index in [-0.39, 0.29) is 36.7 Å². The van der Waals surface area contributed by atoms with Crippen LogP contribution in [0.2, 0.25) is 10.0 Å². The number of piperazine rings is 1. The number of esters is 1. The number of thiophene rings is 1. The molecule has 10 rings (SSSR count). The van der Waals surface area contributed by atoms with Gasteiger partial charge in [-0.1, -0.05) is 41.8 Å². The zero-order valence-corrected chi connectivity index (χ0v) is 47.8. The largest absolute Gasteiger partial charge is 0.490 e. The zero-order chi connectivity index (χ0) is 55.0. The van der Waals surface area contributed by atoms with E-state index in [0.29, 0.717) is 135 Å². The van der Waals surface area contributed by atoms with Gasteiger partial charge in [0.25, 0.3) is 0 Å². The van der Waals surface area contributed by atoms with Gasteiger partial charge in [-0.15, -0.1) is 11.3 Å². The molecule has 0 unspecified atom stereocenters. The van der Waals surface area contributed by atoms with Gasteiger partial charge in [-0.2, -0.15) is 0 Å². The highest BCUT2D eigenvalue weighted by atomic mass is 35.5. The minimum atomic E-state index is -1.27. The Hall–Kier alpha value is -5.28. The number of hydrogen-bond donors (Lipinski definition) is 0. The number of hydrogen-bond acceptors (Lipinski definition) is 17. The third kappa shape index (κ3) is 13.8. The van der Waals surface area contributed by atoms with Crippen molar-refractivity contribution in [2.24, 2.45) is 0 Å². The van der Waals surface area contributed by atoms with Crippen LogP contribution in [-0.4, -0.2) is 153 Å². The van der Waals surface area contributed by atoms with Crippen molar-refractivity contribution < 1.29 is 51.8 Å². The third-order valence-corrected chi connectivity index (χ3v) is 16.2. The number of benzene rings is 3. The van der Waals surface area contributed by atoms with Crippen LogP contribution < -0.4 is 18.9 Å². The van der Waals surface area contributed by atoms with E-state index in [4.69, 9.17) is 85.8 Å². The Morgan fingerprint density at radius 1 is 0.872 bits per heavy atom. The Balaban J connectivity index is 1.08. The van der Waals surface area contributed by atoms with Crippen LogP contribution in [0.25, 0.3) is 31.8 Å². The lowest BCUT2D eigenvalue weighted by molar-refractivity contribution is -0.163. The maximum absolute atomic E-state index is 14.7. The fourth-order valence-electron chi connectivity index (χ4n) is 9.84. The highest BCUT2D eigenvalue weighted by molar-refractivity contribution is 7.22. The number of aromatic nitrogens is 4. The molecule has 0 amide bonds. The van der Waals surface area contributed by atoms with Crippen LogP contribution in [0, 0.1) is 19.7 Å². The first-order valence-corrected chi connectivity index (χ1v) is 28.1. The summed E-state index contributed by atoms with van der Waals surface area (Å²) in [4.78, 5) is 39.8. The summed E-state index contributed by atoms with van der Waals surface area (Å²) in [6.07, 6.45) is 4.17. The average molecular weight is 1130 g/mol. The molecule has 3 aliphatic heterocycles. The Morgan fingerprint density at radius 2 is 1.58 bits per heavy atom. The Labute approximate surface area is 469 Å². The molecule has 78 heavy (non-hydrogen) atoms. The number of methoxy groups -OCH3 is 1. The molecule has 2 atom stereocenters. The summed E-state index contributed by atoms with van der Waals surface area (Å²) in [6.45, 7) is 16.9. The minimum absolute atomic E-state index is 0.0253. The normalized spacial score (nSPS) is 17.9. The SMILES string of the molecule is COCCOCCOCCOCC1(c2nccc(COc3ccc4cc3C[C@H](C(=O)OC(C)(C)C)Oc3ncnc5sc(-c6ccc(F)cc6)c(c35)-c3c(C)c(Cl)c(c(Cl)c3C)O[C@H](CN3CCN(C)CC3)CO4)n2)CCC1. The van der Waals surface area contributed by atoms with Crippen molar-refractivity contribution in [3.63, 3.8) is 0 Å². The monoisotopic (exact) mass is 1130 g/mol. The number of rotatable bonds is 19. The van der Waals surface area contributed by atoms with Crippen LogP contribution in [0.15, 0.2) is 61.1 Å². The first-order valence-electron chi connectivity index (χ1n) is 26.5. The summed E-state index contributed by atoms with van der Waals surface area (Å²) < 4.78 is 70.2. The van der Waals surface area contributed by atoms with Crippen LogP contribution >= 0.6 is 34.5 Å². The van der Waals surface area contributed by atoms with Crippen LogP contribution in [0.5, 0.6) is 23.1 Å². The molecule has 418 valence electrons. The predicted octanol–water partition coefficient (Wildman–Crippen LogP) is 10.3. The molecule has 6 heterocycles. The molecule has 20 heteroatoms. The number of carbonyl (C=O) groups excluding carboxylic acids is 1. The third-order valence-electron chi connectivity index (χ3n) is 14.2. The van der Waals surface area contributed by atoms with Crippen molar-refractivity contribution in [1.82, 2.24) is 29.7 Å². The van der Waals surface area contributed by atoms with Crippen LogP contribution in [0.3, 0.4) is 0 Å². The van der Waals surface area contributed by atoms with Gasteiger partial charge >= 0.3 is 5.97 Å². The van der Waals surface area contributed by atoms with Crippen LogP contribution in [0.4, 0.5) is 4.39 Å². The molecule has 1 aliphatic carbocycles. The van der Waals surface area contributed by atoms with E-state index in [2.05, 4.69) is 16.8 Å². The lowest BCUT2D eigenvalue weighted by atomic mass is 9.68. The average Bonchev–Trinajstić information content (AvgIpc) is 3.85. The van der Waals surface area contributed by atoms with Gasteiger partial charge in [0.2, 0.25) is 12.0 Å². The maximum atomic E-state index is 14.7. The van der Waals surface area contributed by atoms with Gasteiger partial charge in [-0.25, -0.2) is 29.1 Å². The van der Waals surface area contributed by atoms with Crippen molar-refractivity contribution in [3.8, 4) is 44.7 Å². The number of ether oxygens (including phenoxy) is 9. The fourth-order valence-corrected chi connectivity index (χ4v) is 11.5. The van der Waals surface area contributed by atoms with Crippen molar-refractivity contribution in [2.75, 3.05) is 99.7 Å². The number of fused-ring (bicyclic) bond motifs is 7. The Bertz CT molecular complexity index is 2990. The standard InChI is InChI=1S/C58H69Cl2FN6O10S/c1-36-46-37(2)50(60)51(49(36)59)75-43(31-67-21-19-66(6)20-22-67)33-73-42-13-14-44(74-32-41-15-18-62-56(65-41)58(16-8-17-58)34-72-28-27-71-26-25-70-24-23-69-7)39(29-42)30-45(55(68)77-57(3,4)5)76-53-48-47(46)52(78-54(48)64-35-63-53)38-9-11-40(61)12-10-38/h9-15,18,29,35,43,45H,8,16-17,19-28,30-34H2,1-7H3/t43-,45-/m1/s1. The molecule has 0 spiro atoms. The molecule has 4 bridgehead atoms. The van der Waals surface area contributed by atoms with E-state index >= 15 is 0 Å². The van der Waals surface area contributed by atoms with E-state index in [0.717, 1.165) is 50.3 Å². The molecule has 4 aliphatic rings. The van der Waals surface area contributed by atoms with E-state index in [1.165, 1.54) is 29.8 Å². The molecule has 3 aromatic heterocycles. The first-order chi connectivity index (χ1) is 37.6. The molecular weight excluding hydrogens is 1060 g/mol. The summed E-state index contributed by atoms with van der Waals surface area (Å²) in [7, 11) is 3.76.